The molecule has 0 aromatic heterocycles. The lowest BCUT2D eigenvalue weighted by Gasteiger charge is -2.45. The molecule has 1 rings (SSSR count). The van der Waals surface area contributed by atoms with Crippen molar-refractivity contribution in [3.63, 3.8) is 0 Å². The van der Waals surface area contributed by atoms with Crippen molar-refractivity contribution in [3.8, 4) is 0 Å². The van der Waals surface area contributed by atoms with E-state index in [4.69, 9.17) is 4.74 Å². The fourth-order valence-corrected chi connectivity index (χ4v) is 2.63. The first kappa shape index (κ1) is 19.8. The average molecular weight is 344 g/mol. The molecule has 5 N–H and O–H groups in total. The Morgan fingerprint density at radius 2 is 1.25 bits per heavy atom. The molecule has 0 aromatic rings. The predicted molar refractivity (Wildman–Crippen MR) is 82.4 cm³/mol. The standard InChI is InChI=1S/C14H24N4O6/c1-6(19)15-5-10-11(16-7(2)20)12(17-8(3)21)13(14(23)24-10)18-9(4)22/h10-14,23H,5H2,1-4H3,(H,15,19)(H,16,20)(H,17,21)(H,18,22). The molecule has 24 heavy (non-hydrogen) atoms. The summed E-state index contributed by atoms with van der Waals surface area (Å²) in [6, 6.07) is -2.55. The van der Waals surface area contributed by atoms with E-state index in [1.807, 2.05) is 0 Å². The lowest BCUT2D eigenvalue weighted by Crippen LogP contribution is -2.73. The normalized spacial score (nSPS) is 29.3. The highest BCUT2D eigenvalue weighted by atomic mass is 16.6. The predicted octanol–water partition coefficient (Wildman–Crippen LogP) is -2.65. The molecule has 0 aliphatic carbocycles. The van der Waals surface area contributed by atoms with Gasteiger partial charge in [0.25, 0.3) is 0 Å². The van der Waals surface area contributed by atoms with E-state index in [0.717, 1.165) is 0 Å². The summed E-state index contributed by atoms with van der Waals surface area (Å²) in [6.07, 6.45) is -2.22. The Morgan fingerprint density at radius 1 is 0.792 bits per heavy atom. The van der Waals surface area contributed by atoms with Crippen molar-refractivity contribution < 1.29 is 29.0 Å². The number of carbonyl (C=O) groups is 4. The van der Waals surface area contributed by atoms with Gasteiger partial charge in [-0.3, -0.25) is 19.2 Å². The van der Waals surface area contributed by atoms with Crippen LogP contribution in [0.2, 0.25) is 0 Å². The quantitative estimate of drug-likeness (QED) is 0.368. The van der Waals surface area contributed by atoms with Gasteiger partial charge in [-0.15, -0.1) is 0 Å². The van der Waals surface area contributed by atoms with Crippen LogP contribution in [-0.2, 0) is 23.9 Å². The molecule has 0 radical (unpaired) electrons. The lowest BCUT2D eigenvalue weighted by atomic mass is 9.90. The van der Waals surface area contributed by atoms with Crippen molar-refractivity contribution in [2.45, 2.75) is 58.2 Å². The fourth-order valence-electron chi connectivity index (χ4n) is 2.63. The summed E-state index contributed by atoms with van der Waals surface area (Å²) in [5.41, 5.74) is 0. The molecular weight excluding hydrogens is 320 g/mol. The van der Waals surface area contributed by atoms with Gasteiger partial charge in [-0.2, -0.15) is 0 Å². The minimum Gasteiger partial charge on any atom is -0.366 e. The van der Waals surface area contributed by atoms with Gasteiger partial charge in [0.2, 0.25) is 23.6 Å². The number of aliphatic hydroxyl groups excluding tert-OH is 1. The van der Waals surface area contributed by atoms with Crippen molar-refractivity contribution in [1.82, 2.24) is 21.3 Å². The molecule has 10 heteroatoms. The van der Waals surface area contributed by atoms with E-state index >= 15 is 0 Å². The lowest BCUT2D eigenvalue weighted by molar-refractivity contribution is -0.197. The second kappa shape index (κ2) is 8.60. The summed E-state index contributed by atoms with van der Waals surface area (Å²) in [5, 5.41) is 20.5. The van der Waals surface area contributed by atoms with Gasteiger partial charge >= 0.3 is 0 Å². The monoisotopic (exact) mass is 344 g/mol. The van der Waals surface area contributed by atoms with Crippen molar-refractivity contribution in [2.24, 2.45) is 0 Å². The highest BCUT2D eigenvalue weighted by Crippen LogP contribution is 2.20. The minimum atomic E-state index is -1.42. The van der Waals surface area contributed by atoms with Crippen LogP contribution in [0.25, 0.3) is 0 Å². The minimum absolute atomic E-state index is 0.0141. The van der Waals surface area contributed by atoms with Gasteiger partial charge in [0, 0.05) is 34.2 Å². The molecule has 0 saturated carbocycles. The van der Waals surface area contributed by atoms with Gasteiger partial charge in [0.15, 0.2) is 6.29 Å². The number of carbonyl (C=O) groups excluding carboxylic acids is 4. The number of amides is 4. The van der Waals surface area contributed by atoms with Crippen LogP contribution in [0.3, 0.4) is 0 Å². The maximum atomic E-state index is 11.5. The van der Waals surface area contributed by atoms with Crippen LogP contribution in [0.1, 0.15) is 27.7 Å². The maximum Gasteiger partial charge on any atom is 0.217 e. The van der Waals surface area contributed by atoms with Crippen LogP contribution in [0.4, 0.5) is 0 Å². The molecule has 0 spiro atoms. The van der Waals surface area contributed by atoms with Crippen LogP contribution in [0.5, 0.6) is 0 Å². The van der Waals surface area contributed by atoms with Crippen molar-refractivity contribution >= 4 is 23.6 Å². The van der Waals surface area contributed by atoms with E-state index in [9.17, 15) is 24.3 Å². The molecule has 5 atom stereocenters. The summed E-state index contributed by atoms with van der Waals surface area (Å²) in [7, 11) is 0. The summed E-state index contributed by atoms with van der Waals surface area (Å²) >= 11 is 0. The third kappa shape index (κ3) is 5.78. The number of aliphatic hydroxyl groups is 1. The molecule has 1 aliphatic rings. The van der Waals surface area contributed by atoms with Gasteiger partial charge < -0.3 is 31.1 Å². The van der Waals surface area contributed by atoms with E-state index in [0.29, 0.717) is 0 Å². The second-order valence-electron chi connectivity index (χ2n) is 5.68. The number of hydrogen-bond acceptors (Lipinski definition) is 6. The Bertz CT molecular complexity index is 511. The molecule has 1 aliphatic heterocycles. The third-order valence-electron chi connectivity index (χ3n) is 3.46. The van der Waals surface area contributed by atoms with Crippen LogP contribution >= 0.6 is 0 Å². The van der Waals surface area contributed by atoms with Gasteiger partial charge in [0.1, 0.15) is 12.1 Å². The molecule has 1 saturated heterocycles. The zero-order chi connectivity index (χ0) is 18.4. The fraction of sp³-hybridized carbons (Fsp3) is 0.714. The second-order valence-corrected chi connectivity index (χ2v) is 5.68. The highest BCUT2D eigenvalue weighted by Gasteiger charge is 2.46. The van der Waals surface area contributed by atoms with Crippen LogP contribution in [0.15, 0.2) is 0 Å². The Morgan fingerprint density at radius 3 is 1.71 bits per heavy atom. The molecular formula is C14H24N4O6. The molecule has 10 nitrogen and oxygen atoms in total. The molecule has 0 bridgehead atoms. The number of hydrogen-bond donors (Lipinski definition) is 5. The van der Waals surface area contributed by atoms with E-state index in [1.54, 1.807) is 0 Å². The zero-order valence-electron chi connectivity index (χ0n) is 14.1. The molecule has 1 fully saturated rings. The molecule has 5 unspecified atom stereocenters. The van der Waals surface area contributed by atoms with Gasteiger partial charge in [-0.1, -0.05) is 0 Å². The highest BCUT2D eigenvalue weighted by molar-refractivity contribution is 5.76. The summed E-state index contributed by atoms with van der Waals surface area (Å²) in [4.78, 5) is 45.5. The average Bonchev–Trinajstić information content (AvgIpc) is 2.42. The molecule has 136 valence electrons. The maximum absolute atomic E-state index is 11.5. The van der Waals surface area contributed by atoms with E-state index in [2.05, 4.69) is 21.3 Å². The molecule has 1 heterocycles. The Hall–Kier alpha value is -2.20. The Balaban J connectivity index is 3.11. The Labute approximate surface area is 139 Å². The summed E-state index contributed by atoms with van der Waals surface area (Å²) in [5.74, 6) is -1.53. The van der Waals surface area contributed by atoms with Crippen molar-refractivity contribution in [2.75, 3.05) is 6.54 Å². The largest absolute Gasteiger partial charge is 0.366 e. The topological polar surface area (TPSA) is 146 Å². The third-order valence-corrected chi connectivity index (χ3v) is 3.46. The SMILES string of the molecule is CC(=O)NCC1OC(O)C(NC(C)=O)C(NC(C)=O)C1NC(C)=O. The number of rotatable bonds is 5. The number of nitrogens with one attached hydrogen (secondary N) is 4. The van der Waals surface area contributed by atoms with Gasteiger partial charge in [-0.05, 0) is 0 Å². The van der Waals surface area contributed by atoms with Crippen LogP contribution in [-0.4, -0.2) is 65.8 Å². The van der Waals surface area contributed by atoms with Crippen molar-refractivity contribution in [3.05, 3.63) is 0 Å². The van der Waals surface area contributed by atoms with E-state index in [-0.39, 0.29) is 18.4 Å². The van der Waals surface area contributed by atoms with Crippen molar-refractivity contribution in [1.29, 1.82) is 0 Å². The van der Waals surface area contributed by atoms with Gasteiger partial charge in [0.05, 0.1) is 12.1 Å². The van der Waals surface area contributed by atoms with E-state index in [1.165, 1.54) is 27.7 Å². The first-order valence-corrected chi connectivity index (χ1v) is 7.51. The van der Waals surface area contributed by atoms with E-state index < -0.39 is 42.3 Å². The first-order valence-electron chi connectivity index (χ1n) is 7.51. The zero-order valence-corrected chi connectivity index (χ0v) is 14.1. The van der Waals surface area contributed by atoms with Gasteiger partial charge in [-0.25, -0.2) is 0 Å². The molecule has 4 amide bonds. The summed E-state index contributed by atoms with van der Waals surface area (Å²) < 4.78 is 5.44. The van der Waals surface area contributed by atoms with Crippen LogP contribution in [0, 0.1) is 0 Å². The smallest absolute Gasteiger partial charge is 0.217 e. The van der Waals surface area contributed by atoms with Crippen LogP contribution < -0.4 is 21.3 Å². The first-order chi connectivity index (χ1) is 11.1. The number of ether oxygens (including phenoxy) is 1. The Kier molecular flexibility index (Phi) is 7.11. The summed E-state index contributed by atoms with van der Waals surface area (Å²) in [6.45, 7) is 5.16. The molecule has 0 aromatic carbocycles.